The molecule has 1 heterocycles. The molecule has 0 unspecified atom stereocenters. The highest BCUT2D eigenvalue weighted by Gasteiger charge is 2.37. The largest absolute Gasteiger partial charge is 0.465 e. The average Bonchev–Trinajstić information content (AvgIpc) is 2.74. The van der Waals surface area contributed by atoms with Crippen LogP contribution < -0.4 is 0 Å². The number of hydrogen-bond donors (Lipinski definition) is 0. The first-order valence-electron chi connectivity index (χ1n) is 5.70. The highest BCUT2D eigenvalue weighted by molar-refractivity contribution is 8.77. The first kappa shape index (κ1) is 14.2. The Hall–Kier alpha value is 0.130. The molecule has 1 saturated heterocycles. The highest BCUT2D eigenvalue weighted by Crippen LogP contribution is 2.43. The Morgan fingerprint density at radius 1 is 1.25 bits per heavy atom. The summed E-state index contributed by atoms with van der Waals surface area (Å²) in [5.74, 6) is 1.94. The quantitative estimate of drug-likeness (QED) is 0.522. The molecule has 1 rings (SSSR count). The maximum atomic E-state index is 11.3. The molecule has 1 aliphatic rings. The molecule has 0 atom stereocenters. The van der Waals surface area contributed by atoms with Crippen molar-refractivity contribution in [2.75, 3.05) is 31.3 Å². The maximum Gasteiger partial charge on any atom is 0.305 e. The molecule has 0 aromatic rings. The molecule has 1 aliphatic heterocycles. The van der Waals surface area contributed by atoms with E-state index in [9.17, 15) is 4.79 Å². The van der Waals surface area contributed by atoms with Crippen molar-refractivity contribution in [2.45, 2.75) is 26.7 Å². The first-order valence-corrected chi connectivity index (χ1v) is 8.19. The van der Waals surface area contributed by atoms with E-state index in [4.69, 9.17) is 9.47 Å². The Morgan fingerprint density at radius 2 is 1.94 bits per heavy atom. The highest BCUT2D eigenvalue weighted by atomic mass is 33.1. The van der Waals surface area contributed by atoms with Crippen LogP contribution in [0.1, 0.15) is 26.7 Å². The van der Waals surface area contributed by atoms with Gasteiger partial charge in [-0.25, -0.2) is 0 Å². The smallest absolute Gasteiger partial charge is 0.305 e. The van der Waals surface area contributed by atoms with Crippen LogP contribution in [-0.2, 0) is 14.3 Å². The molecule has 0 saturated carbocycles. The van der Waals surface area contributed by atoms with Crippen molar-refractivity contribution in [2.24, 2.45) is 5.41 Å². The molecule has 0 aromatic carbocycles. The summed E-state index contributed by atoms with van der Waals surface area (Å²) in [4.78, 5) is 11.3. The molecule has 1 fully saturated rings. The van der Waals surface area contributed by atoms with Crippen molar-refractivity contribution in [1.29, 1.82) is 0 Å². The van der Waals surface area contributed by atoms with Crippen LogP contribution in [-0.4, -0.2) is 37.3 Å². The Bertz CT molecular complexity index is 215. The molecule has 3 nitrogen and oxygen atoms in total. The lowest BCUT2D eigenvalue weighted by molar-refractivity contribution is -0.147. The summed E-state index contributed by atoms with van der Waals surface area (Å²) in [5, 5.41) is 0. The second kappa shape index (κ2) is 7.45. The third-order valence-corrected chi connectivity index (χ3v) is 5.25. The lowest BCUT2D eigenvalue weighted by Crippen LogP contribution is -2.35. The topological polar surface area (TPSA) is 35.5 Å². The summed E-state index contributed by atoms with van der Waals surface area (Å²) in [6.07, 6.45) is 1.37. The lowest BCUT2D eigenvalue weighted by atomic mass is 9.95. The van der Waals surface area contributed by atoms with Gasteiger partial charge in [0.25, 0.3) is 0 Å². The van der Waals surface area contributed by atoms with Gasteiger partial charge in [-0.3, -0.25) is 4.79 Å². The van der Waals surface area contributed by atoms with Crippen molar-refractivity contribution in [3.05, 3.63) is 0 Å². The van der Waals surface area contributed by atoms with Gasteiger partial charge in [-0.15, -0.1) is 0 Å². The number of rotatable bonds is 7. The van der Waals surface area contributed by atoms with Crippen LogP contribution in [0, 0.1) is 5.41 Å². The van der Waals surface area contributed by atoms with Crippen LogP contribution in [0.3, 0.4) is 0 Å². The Kier molecular flexibility index (Phi) is 6.61. The van der Waals surface area contributed by atoms with E-state index in [0.29, 0.717) is 19.6 Å². The monoisotopic (exact) mass is 264 g/mol. The normalized spacial score (nSPS) is 18.6. The molecule has 0 aliphatic carbocycles. The van der Waals surface area contributed by atoms with Crippen LogP contribution in [0.25, 0.3) is 0 Å². The number of carbonyl (C=O) groups excluding carboxylic acids is 1. The van der Waals surface area contributed by atoms with Crippen LogP contribution in [0.15, 0.2) is 0 Å². The maximum absolute atomic E-state index is 11.3. The summed E-state index contributed by atoms with van der Waals surface area (Å²) in [7, 11) is 3.68. The van der Waals surface area contributed by atoms with Crippen LogP contribution in [0.2, 0.25) is 0 Å². The number of hydrogen-bond acceptors (Lipinski definition) is 5. The van der Waals surface area contributed by atoms with Gasteiger partial charge in [0.05, 0.1) is 6.61 Å². The Morgan fingerprint density at radius 3 is 2.50 bits per heavy atom. The minimum absolute atomic E-state index is 0.0365. The minimum atomic E-state index is -0.0831. The van der Waals surface area contributed by atoms with Crippen molar-refractivity contribution < 1.29 is 14.3 Å². The van der Waals surface area contributed by atoms with Gasteiger partial charge in [0.1, 0.15) is 6.61 Å². The fourth-order valence-corrected chi connectivity index (χ4v) is 4.75. The summed E-state index contributed by atoms with van der Waals surface area (Å²) in [6, 6.07) is 0. The molecule has 0 bridgehead atoms. The van der Waals surface area contributed by atoms with E-state index in [-0.39, 0.29) is 11.4 Å². The van der Waals surface area contributed by atoms with Gasteiger partial charge < -0.3 is 9.47 Å². The van der Waals surface area contributed by atoms with E-state index < -0.39 is 0 Å². The predicted molar refractivity (Wildman–Crippen MR) is 69.7 cm³/mol. The molecule has 0 N–H and O–H groups in total. The fourth-order valence-electron chi connectivity index (χ4n) is 1.41. The van der Waals surface area contributed by atoms with Crippen molar-refractivity contribution >= 4 is 27.6 Å². The zero-order valence-corrected chi connectivity index (χ0v) is 11.6. The second-order valence-electron chi connectivity index (χ2n) is 4.07. The third-order valence-electron chi connectivity index (χ3n) is 2.42. The summed E-state index contributed by atoms with van der Waals surface area (Å²) < 4.78 is 10.8. The lowest BCUT2D eigenvalue weighted by Gasteiger charge is -2.26. The van der Waals surface area contributed by atoms with Crippen molar-refractivity contribution in [3.8, 4) is 0 Å². The first-order chi connectivity index (χ1) is 7.72. The van der Waals surface area contributed by atoms with Gasteiger partial charge in [0.2, 0.25) is 0 Å². The van der Waals surface area contributed by atoms with Crippen LogP contribution in [0.5, 0.6) is 0 Å². The number of carbonyl (C=O) groups is 1. The van der Waals surface area contributed by atoms with E-state index in [1.165, 1.54) is 0 Å². The van der Waals surface area contributed by atoms with E-state index in [1.807, 2.05) is 35.4 Å². The Balaban J connectivity index is 2.35. The van der Waals surface area contributed by atoms with Crippen molar-refractivity contribution in [1.82, 2.24) is 0 Å². The summed E-state index contributed by atoms with van der Waals surface area (Å²) >= 11 is 0. The van der Waals surface area contributed by atoms with Gasteiger partial charge in [-0.1, -0.05) is 28.5 Å². The van der Waals surface area contributed by atoms with Crippen molar-refractivity contribution in [3.63, 3.8) is 0 Å². The van der Waals surface area contributed by atoms with Gasteiger partial charge in [-0.05, 0) is 13.3 Å². The third kappa shape index (κ3) is 4.55. The number of ether oxygens (including phenoxy) is 2. The van der Waals surface area contributed by atoms with Gasteiger partial charge in [0.15, 0.2) is 0 Å². The van der Waals surface area contributed by atoms with Crippen LogP contribution >= 0.6 is 21.6 Å². The molecule has 0 spiro atoms. The molecule has 0 amide bonds. The zero-order chi connectivity index (χ0) is 11.9. The standard InChI is InChI=1S/C11H20O3S2/c1-3-5-10(12)14-7-11(6-13-4-2)8-15-16-9-11/h3-9H2,1-2H3. The van der Waals surface area contributed by atoms with Gasteiger partial charge in [-0.2, -0.15) is 0 Å². The molecule has 0 radical (unpaired) electrons. The molecule has 16 heavy (non-hydrogen) atoms. The average molecular weight is 264 g/mol. The van der Waals surface area contributed by atoms with E-state index in [0.717, 1.165) is 24.5 Å². The van der Waals surface area contributed by atoms with E-state index in [1.54, 1.807) is 0 Å². The summed E-state index contributed by atoms with van der Waals surface area (Å²) in [5.41, 5.74) is 0.0365. The van der Waals surface area contributed by atoms with Gasteiger partial charge >= 0.3 is 5.97 Å². The van der Waals surface area contributed by atoms with Crippen LogP contribution in [0.4, 0.5) is 0 Å². The van der Waals surface area contributed by atoms with E-state index >= 15 is 0 Å². The minimum Gasteiger partial charge on any atom is -0.465 e. The Labute approximate surface area is 105 Å². The predicted octanol–water partition coefficient (Wildman–Crippen LogP) is 2.75. The molecular weight excluding hydrogens is 244 g/mol. The second-order valence-corrected chi connectivity index (χ2v) is 6.54. The molecule has 5 heteroatoms. The number of esters is 1. The summed E-state index contributed by atoms with van der Waals surface area (Å²) in [6.45, 7) is 5.90. The SMILES string of the molecule is CCCC(=O)OCC1(COCC)CSSC1. The molecular formula is C11H20O3S2. The van der Waals surface area contributed by atoms with Gasteiger partial charge in [0, 0.05) is 29.9 Å². The molecule has 0 aromatic heterocycles. The molecule has 94 valence electrons. The fraction of sp³-hybridized carbons (Fsp3) is 0.909. The van der Waals surface area contributed by atoms with E-state index in [2.05, 4.69) is 0 Å². The zero-order valence-electron chi connectivity index (χ0n) is 9.99.